The summed E-state index contributed by atoms with van der Waals surface area (Å²) < 4.78 is 5.68. The van der Waals surface area contributed by atoms with Gasteiger partial charge in [0.2, 0.25) is 0 Å². The normalized spacial score (nSPS) is 22.7. The number of carboxylic acid groups (broad SMARTS) is 1. The van der Waals surface area contributed by atoms with Crippen molar-refractivity contribution < 1.29 is 24.5 Å². The molecule has 7 heteroatoms. The second-order valence-corrected chi connectivity index (χ2v) is 6.12. The average Bonchev–Trinajstić information content (AvgIpc) is 2.41. The van der Waals surface area contributed by atoms with E-state index in [1.807, 2.05) is 20.8 Å². The molecule has 1 heterocycles. The van der Waals surface area contributed by atoms with Crippen LogP contribution in [-0.2, 0) is 9.53 Å². The first kappa shape index (κ1) is 17.7. The predicted octanol–water partition coefficient (Wildman–Crippen LogP) is 0.621. The highest BCUT2D eigenvalue weighted by Gasteiger charge is 2.37. The van der Waals surface area contributed by atoms with Gasteiger partial charge >= 0.3 is 12.0 Å². The molecular formula is C14H26N2O5. The number of morpholine rings is 1. The number of carbonyl (C=O) groups is 2. The number of aliphatic hydroxyl groups excluding tert-OH is 1. The zero-order valence-corrected chi connectivity index (χ0v) is 13.2. The number of rotatable bonds is 5. The van der Waals surface area contributed by atoms with E-state index in [4.69, 9.17) is 9.84 Å². The third-order valence-corrected chi connectivity index (χ3v) is 3.52. The van der Waals surface area contributed by atoms with Gasteiger partial charge in [0.05, 0.1) is 37.3 Å². The summed E-state index contributed by atoms with van der Waals surface area (Å²) in [7, 11) is 0. The molecule has 2 unspecified atom stereocenters. The maximum atomic E-state index is 12.6. The number of nitrogens with zero attached hydrogens (tertiary/aromatic N) is 2. The number of hydrogen-bond acceptors (Lipinski definition) is 4. The van der Waals surface area contributed by atoms with E-state index in [-0.39, 0.29) is 19.2 Å². The van der Waals surface area contributed by atoms with Crippen molar-refractivity contribution in [2.45, 2.75) is 39.4 Å². The van der Waals surface area contributed by atoms with Crippen molar-refractivity contribution >= 4 is 12.0 Å². The lowest BCUT2D eigenvalue weighted by atomic mass is 10.1. The molecule has 0 spiro atoms. The SMILES string of the molecule is CCN(CC(C)C(=O)O)C(=O)N1CC(CO)OC(C)(C)C1. The van der Waals surface area contributed by atoms with E-state index in [1.54, 1.807) is 11.8 Å². The molecule has 0 aromatic heterocycles. The minimum absolute atomic E-state index is 0.148. The molecule has 1 aliphatic heterocycles. The fraction of sp³-hybridized carbons (Fsp3) is 0.857. The van der Waals surface area contributed by atoms with Crippen molar-refractivity contribution in [2.75, 3.05) is 32.8 Å². The van der Waals surface area contributed by atoms with Gasteiger partial charge in [0.25, 0.3) is 0 Å². The van der Waals surface area contributed by atoms with Crippen LogP contribution in [0.4, 0.5) is 4.79 Å². The number of hydrogen-bond donors (Lipinski definition) is 2. The molecule has 2 atom stereocenters. The number of carbonyl (C=O) groups excluding carboxylic acids is 1. The summed E-state index contributed by atoms with van der Waals surface area (Å²) in [6.07, 6.45) is -0.409. The Morgan fingerprint density at radius 3 is 2.57 bits per heavy atom. The summed E-state index contributed by atoms with van der Waals surface area (Å²) in [5.41, 5.74) is -0.529. The molecule has 1 rings (SSSR count). The Morgan fingerprint density at radius 1 is 1.48 bits per heavy atom. The highest BCUT2D eigenvalue weighted by molar-refractivity contribution is 5.76. The predicted molar refractivity (Wildman–Crippen MR) is 77.1 cm³/mol. The van der Waals surface area contributed by atoms with E-state index >= 15 is 0 Å². The molecule has 2 N–H and O–H groups in total. The van der Waals surface area contributed by atoms with Crippen LogP contribution >= 0.6 is 0 Å². The van der Waals surface area contributed by atoms with Gasteiger partial charge in [-0.05, 0) is 20.8 Å². The van der Waals surface area contributed by atoms with Crippen molar-refractivity contribution in [1.29, 1.82) is 0 Å². The third kappa shape index (κ3) is 4.86. The number of aliphatic hydroxyl groups is 1. The minimum Gasteiger partial charge on any atom is -0.481 e. The lowest BCUT2D eigenvalue weighted by Crippen LogP contribution is -2.58. The van der Waals surface area contributed by atoms with Crippen LogP contribution in [0.5, 0.6) is 0 Å². The number of carboxylic acids is 1. The van der Waals surface area contributed by atoms with E-state index in [9.17, 15) is 14.7 Å². The second kappa shape index (κ2) is 7.09. The lowest BCUT2D eigenvalue weighted by Gasteiger charge is -2.43. The highest BCUT2D eigenvalue weighted by Crippen LogP contribution is 2.22. The smallest absolute Gasteiger partial charge is 0.320 e. The number of ether oxygens (including phenoxy) is 1. The molecule has 2 amide bonds. The monoisotopic (exact) mass is 302 g/mol. The van der Waals surface area contributed by atoms with Gasteiger partial charge in [-0.1, -0.05) is 6.92 Å². The molecule has 1 aliphatic rings. The van der Waals surface area contributed by atoms with Gasteiger partial charge in [0.15, 0.2) is 0 Å². The highest BCUT2D eigenvalue weighted by atomic mass is 16.5. The summed E-state index contributed by atoms with van der Waals surface area (Å²) in [6, 6.07) is -0.208. The second-order valence-electron chi connectivity index (χ2n) is 6.12. The zero-order valence-electron chi connectivity index (χ0n) is 13.2. The van der Waals surface area contributed by atoms with Crippen LogP contribution in [0.2, 0.25) is 0 Å². The van der Waals surface area contributed by atoms with Gasteiger partial charge in [-0.25, -0.2) is 4.79 Å². The van der Waals surface area contributed by atoms with Crippen LogP contribution in [0, 0.1) is 5.92 Å². The minimum atomic E-state index is -0.920. The van der Waals surface area contributed by atoms with E-state index in [0.717, 1.165) is 0 Å². The van der Waals surface area contributed by atoms with Gasteiger partial charge in [-0.3, -0.25) is 4.79 Å². The Labute approximate surface area is 125 Å². The Bertz CT molecular complexity index is 386. The van der Waals surface area contributed by atoms with Gasteiger partial charge in [0, 0.05) is 13.1 Å². The molecule has 21 heavy (non-hydrogen) atoms. The molecule has 0 aliphatic carbocycles. The fourth-order valence-corrected chi connectivity index (χ4v) is 2.49. The maximum Gasteiger partial charge on any atom is 0.320 e. The Kier molecular flexibility index (Phi) is 5.98. The van der Waals surface area contributed by atoms with Gasteiger partial charge in [-0.15, -0.1) is 0 Å². The molecule has 1 fully saturated rings. The third-order valence-electron chi connectivity index (χ3n) is 3.52. The van der Waals surface area contributed by atoms with E-state index < -0.39 is 23.6 Å². The van der Waals surface area contributed by atoms with E-state index in [1.165, 1.54) is 4.90 Å². The average molecular weight is 302 g/mol. The van der Waals surface area contributed by atoms with Crippen LogP contribution in [0.25, 0.3) is 0 Å². The molecule has 7 nitrogen and oxygen atoms in total. The lowest BCUT2D eigenvalue weighted by molar-refractivity contribution is -0.143. The maximum absolute atomic E-state index is 12.6. The largest absolute Gasteiger partial charge is 0.481 e. The van der Waals surface area contributed by atoms with Gasteiger partial charge in [-0.2, -0.15) is 0 Å². The van der Waals surface area contributed by atoms with Gasteiger partial charge < -0.3 is 24.7 Å². The molecule has 0 bridgehead atoms. The molecule has 1 saturated heterocycles. The molecule has 122 valence electrons. The van der Waals surface area contributed by atoms with Crippen LogP contribution < -0.4 is 0 Å². The Morgan fingerprint density at radius 2 is 2.10 bits per heavy atom. The number of aliphatic carboxylic acids is 1. The number of urea groups is 1. The summed E-state index contributed by atoms with van der Waals surface area (Å²) >= 11 is 0. The Hall–Kier alpha value is -1.34. The molecule has 0 radical (unpaired) electrons. The first-order chi connectivity index (χ1) is 9.70. The van der Waals surface area contributed by atoms with Crippen LogP contribution in [0.3, 0.4) is 0 Å². The van der Waals surface area contributed by atoms with Crippen molar-refractivity contribution in [1.82, 2.24) is 9.80 Å². The topological polar surface area (TPSA) is 90.3 Å². The number of amides is 2. The van der Waals surface area contributed by atoms with Crippen molar-refractivity contribution in [3.05, 3.63) is 0 Å². The molecule has 0 aromatic rings. The Balaban J connectivity index is 2.76. The van der Waals surface area contributed by atoms with Crippen LogP contribution in [-0.4, -0.2) is 76.5 Å². The molecular weight excluding hydrogens is 276 g/mol. The van der Waals surface area contributed by atoms with Crippen molar-refractivity contribution in [3.8, 4) is 0 Å². The van der Waals surface area contributed by atoms with Gasteiger partial charge in [0.1, 0.15) is 0 Å². The van der Waals surface area contributed by atoms with E-state index in [2.05, 4.69) is 0 Å². The molecule has 0 aromatic carbocycles. The summed E-state index contributed by atoms with van der Waals surface area (Å²) in [5, 5.41) is 18.3. The fourth-order valence-electron chi connectivity index (χ4n) is 2.49. The van der Waals surface area contributed by atoms with Crippen molar-refractivity contribution in [2.24, 2.45) is 5.92 Å². The van der Waals surface area contributed by atoms with E-state index in [0.29, 0.717) is 19.6 Å². The standard InChI is InChI=1S/C14H26N2O5/c1-5-15(6-10(2)12(18)19)13(20)16-7-11(8-17)21-14(3,4)9-16/h10-11,17H,5-9H2,1-4H3,(H,18,19). The zero-order chi connectivity index (χ0) is 16.2. The first-order valence-corrected chi connectivity index (χ1v) is 7.25. The van der Waals surface area contributed by atoms with Crippen LogP contribution in [0.15, 0.2) is 0 Å². The first-order valence-electron chi connectivity index (χ1n) is 7.25. The van der Waals surface area contributed by atoms with Crippen molar-refractivity contribution in [3.63, 3.8) is 0 Å². The summed E-state index contributed by atoms with van der Waals surface area (Å²) in [4.78, 5) is 26.7. The van der Waals surface area contributed by atoms with Crippen LogP contribution in [0.1, 0.15) is 27.7 Å². The summed E-state index contributed by atoms with van der Waals surface area (Å²) in [6.45, 7) is 8.34. The molecule has 0 saturated carbocycles. The quantitative estimate of drug-likeness (QED) is 0.777. The summed E-state index contributed by atoms with van der Waals surface area (Å²) in [5.74, 6) is -1.53.